The van der Waals surface area contributed by atoms with Crippen LogP contribution in [0.25, 0.3) is 0 Å². The number of carbonyl (C=O) groups is 1. The number of furan rings is 1. The summed E-state index contributed by atoms with van der Waals surface area (Å²) in [6.45, 7) is 4.88. The monoisotopic (exact) mass is 306 g/mol. The van der Waals surface area contributed by atoms with Gasteiger partial charge in [-0.15, -0.1) is 11.3 Å². The Morgan fingerprint density at radius 2 is 2.29 bits per heavy atom. The fourth-order valence-electron chi connectivity index (χ4n) is 1.49. The molecule has 21 heavy (non-hydrogen) atoms. The van der Waals surface area contributed by atoms with E-state index in [1.165, 1.54) is 11.3 Å². The Morgan fingerprint density at radius 3 is 2.90 bits per heavy atom. The average molecular weight is 306 g/mol. The first-order valence-corrected chi connectivity index (χ1v) is 7.57. The molecule has 0 atom stereocenters. The Hall–Kier alpha value is -2.08. The molecular formula is C15H18N2O3S. The van der Waals surface area contributed by atoms with Crippen LogP contribution in [0.15, 0.2) is 45.3 Å². The molecule has 2 rings (SSSR count). The van der Waals surface area contributed by atoms with Crippen LogP contribution in [0.4, 0.5) is 0 Å². The number of thiophene rings is 1. The first-order valence-electron chi connectivity index (χ1n) is 6.69. The molecule has 0 radical (unpaired) electrons. The van der Waals surface area contributed by atoms with Crippen molar-refractivity contribution in [2.45, 2.75) is 20.4 Å². The molecule has 0 spiro atoms. The Morgan fingerprint density at radius 1 is 1.43 bits per heavy atom. The lowest BCUT2D eigenvalue weighted by atomic mass is 10.2. The molecule has 0 unspecified atom stereocenters. The molecule has 2 aromatic rings. The fourth-order valence-corrected chi connectivity index (χ4v) is 2.10. The van der Waals surface area contributed by atoms with Gasteiger partial charge in [0.05, 0.1) is 17.7 Å². The Kier molecular flexibility index (Phi) is 5.57. The van der Waals surface area contributed by atoms with Gasteiger partial charge in [-0.25, -0.2) is 4.99 Å². The zero-order valence-corrected chi connectivity index (χ0v) is 12.9. The van der Waals surface area contributed by atoms with E-state index < -0.39 is 0 Å². The van der Waals surface area contributed by atoms with Crippen LogP contribution in [-0.4, -0.2) is 18.5 Å². The summed E-state index contributed by atoms with van der Waals surface area (Å²) in [6.07, 6.45) is 1.59. The normalized spacial score (nSPS) is 11.7. The number of amidine groups is 1. The minimum atomic E-state index is -0.216. The Balaban J connectivity index is 2.00. The second-order valence-electron chi connectivity index (χ2n) is 4.84. The fraction of sp³-hybridized carbons (Fsp3) is 0.333. The summed E-state index contributed by atoms with van der Waals surface area (Å²) in [4.78, 5) is 16.9. The molecule has 0 bridgehead atoms. The molecule has 2 heterocycles. The number of nitrogens with zero attached hydrogens (tertiary/aromatic N) is 1. The van der Waals surface area contributed by atoms with E-state index in [0.29, 0.717) is 29.7 Å². The summed E-state index contributed by atoms with van der Waals surface area (Å²) in [7, 11) is 0. The molecular weight excluding hydrogens is 288 g/mol. The topological polar surface area (TPSA) is 63.8 Å². The van der Waals surface area contributed by atoms with E-state index in [0.717, 1.165) is 0 Å². The molecule has 0 saturated carbocycles. The molecule has 0 aliphatic rings. The van der Waals surface area contributed by atoms with Crippen LogP contribution in [-0.2, 0) is 11.3 Å². The second-order valence-corrected chi connectivity index (χ2v) is 5.78. The van der Waals surface area contributed by atoms with Crippen LogP contribution in [0.2, 0.25) is 0 Å². The van der Waals surface area contributed by atoms with Crippen molar-refractivity contribution in [3.8, 4) is 0 Å². The SMILES string of the molecule is CC(C)COC(=NCc1ccco1)NC(=O)c1cccs1. The predicted molar refractivity (Wildman–Crippen MR) is 82.4 cm³/mol. The number of amides is 1. The van der Waals surface area contributed by atoms with Crippen molar-refractivity contribution in [2.75, 3.05) is 6.61 Å². The lowest BCUT2D eigenvalue weighted by molar-refractivity contribution is 0.0967. The van der Waals surface area contributed by atoms with Gasteiger partial charge in [0.15, 0.2) is 0 Å². The van der Waals surface area contributed by atoms with Crippen LogP contribution < -0.4 is 5.32 Å². The standard InChI is InChI=1S/C15H18N2O3S/c1-11(2)10-20-15(16-9-12-5-3-7-19-12)17-14(18)13-6-4-8-21-13/h3-8,11H,9-10H2,1-2H3,(H,16,17,18). The summed E-state index contributed by atoms with van der Waals surface area (Å²) >= 11 is 1.37. The number of hydrogen-bond donors (Lipinski definition) is 1. The van der Waals surface area contributed by atoms with E-state index in [1.807, 2.05) is 31.4 Å². The van der Waals surface area contributed by atoms with Crippen molar-refractivity contribution in [1.29, 1.82) is 0 Å². The molecule has 0 saturated heterocycles. The largest absolute Gasteiger partial charge is 0.467 e. The summed E-state index contributed by atoms with van der Waals surface area (Å²) < 4.78 is 10.8. The molecule has 2 aromatic heterocycles. The smallest absolute Gasteiger partial charge is 0.292 e. The zero-order valence-electron chi connectivity index (χ0n) is 12.0. The van der Waals surface area contributed by atoms with Gasteiger partial charge in [-0.2, -0.15) is 0 Å². The maximum atomic E-state index is 12.0. The van der Waals surface area contributed by atoms with E-state index in [-0.39, 0.29) is 11.9 Å². The Bertz CT molecular complexity index is 574. The molecule has 6 heteroatoms. The summed E-state index contributed by atoms with van der Waals surface area (Å²) in [5.74, 6) is 0.843. The first-order chi connectivity index (χ1) is 10.1. The van der Waals surface area contributed by atoms with Crippen molar-refractivity contribution < 1.29 is 13.9 Å². The van der Waals surface area contributed by atoms with Crippen molar-refractivity contribution in [3.63, 3.8) is 0 Å². The molecule has 0 aliphatic heterocycles. The second kappa shape index (κ2) is 7.64. The van der Waals surface area contributed by atoms with Crippen LogP contribution >= 0.6 is 11.3 Å². The van der Waals surface area contributed by atoms with Crippen molar-refractivity contribution in [3.05, 3.63) is 46.5 Å². The van der Waals surface area contributed by atoms with Gasteiger partial charge in [0.25, 0.3) is 11.9 Å². The number of ether oxygens (including phenoxy) is 1. The van der Waals surface area contributed by atoms with Gasteiger partial charge < -0.3 is 9.15 Å². The number of nitrogens with one attached hydrogen (secondary N) is 1. The summed E-state index contributed by atoms with van der Waals surface area (Å²) in [5.41, 5.74) is 0. The van der Waals surface area contributed by atoms with Crippen molar-refractivity contribution in [1.82, 2.24) is 5.32 Å². The van der Waals surface area contributed by atoms with Gasteiger partial charge in [-0.3, -0.25) is 10.1 Å². The molecule has 0 aromatic carbocycles. The predicted octanol–water partition coefficient (Wildman–Crippen LogP) is 3.30. The molecule has 1 amide bonds. The lowest BCUT2D eigenvalue weighted by Crippen LogP contribution is -2.33. The van der Waals surface area contributed by atoms with Gasteiger partial charge in [0.2, 0.25) is 0 Å². The summed E-state index contributed by atoms with van der Waals surface area (Å²) in [6, 6.07) is 7.42. The highest BCUT2D eigenvalue weighted by molar-refractivity contribution is 7.12. The molecule has 1 N–H and O–H groups in total. The minimum absolute atomic E-state index is 0.216. The zero-order chi connectivity index (χ0) is 15.1. The quantitative estimate of drug-likeness (QED) is 0.681. The molecule has 0 fully saturated rings. The van der Waals surface area contributed by atoms with E-state index >= 15 is 0 Å². The maximum absolute atomic E-state index is 12.0. The van der Waals surface area contributed by atoms with E-state index in [4.69, 9.17) is 9.15 Å². The highest BCUT2D eigenvalue weighted by Gasteiger charge is 2.11. The van der Waals surface area contributed by atoms with Gasteiger partial charge in [0.1, 0.15) is 12.3 Å². The first kappa shape index (κ1) is 15.3. The van der Waals surface area contributed by atoms with E-state index in [2.05, 4.69) is 10.3 Å². The lowest BCUT2D eigenvalue weighted by Gasteiger charge is -2.11. The average Bonchev–Trinajstić information content (AvgIpc) is 3.13. The van der Waals surface area contributed by atoms with Gasteiger partial charge in [-0.05, 0) is 29.5 Å². The summed E-state index contributed by atoms with van der Waals surface area (Å²) in [5, 5.41) is 4.55. The van der Waals surface area contributed by atoms with Crippen LogP contribution in [0.3, 0.4) is 0 Å². The van der Waals surface area contributed by atoms with Gasteiger partial charge in [0, 0.05) is 0 Å². The Labute approximate surface area is 127 Å². The van der Waals surface area contributed by atoms with Crippen LogP contribution in [0.1, 0.15) is 29.3 Å². The highest BCUT2D eigenvalue weighted by Crippen LogP contribution is 2.08. The molecule has 112 valence electrons. The van der Waals surface area contributed by atoms with Crippen molar-refractivity contribution in [2.24, 2.45) is 10.9 Å². The third-order valence-corrected chi connectivity index (χ3v) is 3.35. The number of aliphatic imine (C=N–C) groups is 1. The van der Waals surface area contributed by atoms with E-state index in [9.17, 15) is 4.79 Å². The van der Waals surface area contributed by atoms with Crippen LogP contribution in [0, 0.1) is 5.92 Å². The number of carbonyl (C=O) groups excluding carboxylic acids is 1. The third-order valence-electron chi connectivity index (χ3n) is 2.48. The number of rotatable bonds is 5. The minimum Gasteiger partial charge on any atom is -0.467 e. The third kappa shape index (κ3) is 5.07. The van der Waals surface area contributed by atoms with Crippen LogP contribution in [0.5, 0.6) is 0 Å². The number of hydrogen-bond acceptors (Lipinski definition) is 5. The van der Waals surface area contributed by atoms with Gasteiger partial charge in [-0.1, -0.05) is 19.9 Å². The van der Waals surface area contributed by atoms with E-state index in [1.54, 1.807) is 18.4 Å². The van der Waals surface area contributed by atoms with Gasteiger partial charge >= 0.3 is 0 Å². The maximum Gasteiger partial charge on any atom is 0.292 e. The molecule has 5 nitrogen and oxygen atoms in total. The van der Waals surface area contributed by atoms with Crippen molar-refractivity contribution >= 4 is 23.3 Å². The highest BCUT2D eigenvalue weighted by atomic mass is 32.1. The molecule has 0 aliphatic carbocycles.